The first kappa shape index (κ1) is 16.6. The summed E-state index contributed by atoms with van der Waals surface area (Å²) >= 11 is 0. The van der Waals surface area contributed by atoms with E-state index in [0.29, 0.717) is 35.5 Å². The van der Waals surface area contributed by atoms with Crippen LogP contribution in [-0.4, -0.2) is 21.8 Å². The number of rotatable bonds is 1. The summed E-state index contributed by atoms with van der Waals surface area (Å²) in [6, 6.07) is 0. The standard InChI is InChI=1S/C21H32O3/c1-13-12-14-16(19(2)9-5-4-6-15(13)19)7-10-20(3)17(14)8-11-21(20,24)18(22)23/h6,13-14,16-17,24H,4-5,7-12H2,1-3H3,(H,22,23)/t13?,14-,16-,17+,19+,20+,21?/m1/s1. The molecular weight excluding hydrogens is 300 g/mol. The van der Waals surface area contributed by atoms with Crippen LogP contribution in [0.15, 0.2) is 11.6 Å². The fourth-order valence-corrected chi connectivity index (χ4v) is 7.58. The Morgan fingerprint density at radius 2 is 1.88 bits per heavy atom. The fourth-order valence-electron chi connectivity index (χ4n) is 7.58. The largest absolute Gasteiger partial charge is 0.479 e. The van der Waals surface area contributed by atoms with Gasteiger partial charge in [-0.3, -0.25) is 0 Å². The van der Waals surface area contributed by atoms with Crippen LogP contribution >= 0.6 is 0 Å². The average Bonchev–Trinajstić information content (AvgIpc) is 2.81. The van der Waals surface area contributed by atoms with Crippen LogP contribution in [0, 0.1) is 34.5 Å². The molecule has 0 amide bonds. The number of aliphatic carboxylic acids is 1. The Labute approximate surface area is 145 Å². The lowest BCUT2D eigenvalue weighted by atomic mass is 9.45. The number of fused-ring (bicyclic) bond motifs is 5. The molecule has 4 rings (SSSR count). The number of carboxylic acids is 1. The molecule has 0 heterocycles. The average molecular weight is 332 g/mol. The molecule has 3 saturated carbocycles. The Morgan fingerprint density at radius 3 is 2.58 bits per heavy atom. The van der Waals surface area contributed by atoms with Gasteiger partial charge in [-0.05, 0) is 80.5 Å². The second-order valence-electron chi connectivity index (χ2n) is 9.64. The molecule has 4 aliphatic rings. The third kappa shape index (κ3) is 1.85. The van der Waals surface area contributed by atoms with Crippen LogP contribution < -0.4 is 0 Å². The Kier molecular flexibility index (Phi) is 3.53. The first-order valence-electron chi connectivity index (χ1n) is 9.90. The first-order valence-corrected chi connectivity index (χ1v) is 9.90. The van der Waals surface area contributed by atoms with Gasteiger partial charge in [-0.2, -0.15) is 0 Å². The lowest BCUT2D eigenvalue weighted by Crippen LogP contribution is -2.58. The minimum atomic E-state index is -1.52. The summed E-state index contributed by atoms with van der Waals surface area (Å²) in [6.45, 7) is 6.91. The van der Waals surface area contributed by atoms with Gasteiger partial charge in [-0.25, -0.2) is 4.79 Å². The van der Waals surface area contributed by atoms with Crippen molar-refractivity contribution in [3.8, 4) is 0 Å². The van der Waals surface area contributed by atoms with Gasteiger partial charge in [0.25, 0.3) is 0 Å². The van der Waals surface area contributed by atoms with E-state index in [0.717, 1.165) is 19.3 Å². The van der Waals surface area contributed by atoms with Gasteiger partial charge in [-0.15, -0.1) is 0 Å². The van der Waals surface area contributed by atoms with Crippen molar-refractivity contribution in [2.75, 3.05) is 0 Å². The molecule has 3 fully saturated rings. The molecule has 0 bridgehead atoms. The van der Waals surface area contributed by atoms with E-state index >= 15 is 0 Å². The van der Waals surface area contributed by atoms with Crippen molar-refractivity contribution in [3.63, 3.8) is 0 Å². The molecule has 24 heavy (non-hydrogen) atoms. The van der Waals surface area contributed by atoms with Crippen molar-refractivity contribution in [1.29, 1.82) is 0 Å². The van der Waals surface area contributed by atoms with Crippen molar-refractivity contribution >= 4 is 5.97 Å². The highest BCUT2D eigenvalue weighted by Crippen LogP contribution is 2.68. The van der Waals surface area contributed by atoms with Crippen molar-refractivity contribution < 1.29 is 15.0 Å². The number of carbonyl (C=O) groups is 1. The highest BCUT2D eigenvalue weighted by atomic mass is 16.4. The normalized spacial score (nSPS) is 53.6. The van der Waals surface area contributed by atoms with Gasteiger partial charge in [0.1, 0.15) is 0 Å². The smallest absolute Gasteiger partial charge is 0.336 e. The van der Waals surface area contributed by atoms with Gasteiger partial charge in [0.2, 0.25) is 0 Å². The van der Waals surface area contributed by atoms with Crippen LogP contribution in [-0.2, 0) is 4.79 Å². The number of allylic oxidation sites excluding steroid dienone is 2. The van der Waals surface area contributed by atoms with Crippen molar-refractivity contribution in [1.82, 2.24) is 0 Å². The monoisotopic (exact) mass is 332 g/mol. The molecule has 3 nitrogen and oxygen atoms in total. The van der Waals surface area contributed by atoms with Gasteiger partial charge in [0, 0.05) is 5.41 Å². The maximum absolute atomic E-state index is 11.8. The van der Waals surface area contributed by atoms with Crippen molar-refractivity contribution in [2.45, 2.75) is 77.7 Å². The molecule has 0 aromatic heterocycles. The van der Waals surface area contributed by atoms with E-state index in [9.17, 15) is 15.0 Å². The Bertz CT molecular complexity index is 596. The molecule has 134 valence electrons. The van der Waals surface area contributed by atoms with E-state index in [1.807, 2.05) is 0 Å². The minimum absolute atomic E-state index is 0.311. The lowest BCUT2D eigenvalue weighted by molar-refractivity contribution is -0.182. The van der Waals surface area contributed by atoms with Crippen LogP contribution in [0.3, 0.4) is 0 Å². The maximum Gasteiger partial charge on any atom is 0.336 e. The summed E-state index contributed by atoms with van der Waals surface area (Å²) in [6.07, 6.45) is 10.7. The SMILES string of the molecule is CC1C[C@@H]2[C@@H](CC[C@@]3(C)[C@H]2CCC3(O)C(=O)O)[C@@]2(C)CCCC=C12. The Morgan fingerprint density at radius 1 is 1.17 bits per heavy atom. The van der Waals surface area contributed by atoms with E-state index in [1.54, 1.807) is 5.57 Å². The topological polar surface area (TPSA) is 57.5 Å². The summed E-state index contributed by atoms with van der Waals surface area (Å²) in [4.78, 5) is 11.8. The molecule has 2 N–H and O–H groups in total. The summed E-state index contributed by atoms with van der Waals surface area (Å²) in [5.41, 5.74) is 0.0258. The zero-order valence-corrected chi connectivity index (χ0v) is 15.3. The summed E-state index contributed by atoms with van der Waals surface area (Å²) in [5.74, 6) is 1.22. The summed E-state index contributed by atoms with van der Waals surface area (Å²) in [5, 5.41) is 20.7. The number of carboxylic acid groups (broad SMARTS) is 1. The number of hydrogen-bond donors (Lipinski definition) is 2. The molecule has 3 heteroatoms. The van der Waals surface area contributed by atoms with Gasteiger partial charge < -0.3 is 10.2 Å². The second kappa shape index (κ2) is 5.09. The summed E-state index contributed by atoms with van der Waals surface area (Å²) in [7, 11) is 0. The van der Waals surface area contributed by atoms with Crippen LogP contribution in [0.2, 0.25) is 0 Å². The quantitative estimate of drug-likeness (QED) is 0.700. The van der Waals surface area contributed by atoms with Gasteiger partial charge in [0.05, 0.1) is 0 Å². The van der Waals surface area contributed by atoms with Crippen LogP contribution in [0.1, 0.15) is 72.1 Å². The number of hydrogen-bond acceptors (Lipinski definition) is 2. The molecule has 0 aromatic rings. The third-order valence-electron chi connectivity index (χ3n) is 8.84. The van der Waals surface area contributed by atoms with Crippen molar-refractivity contribution in [2.24, 2.45) is 34.5 Å². The Hall–Kier alpha value is -0.830. The van der Waals surface area contributed by atoms with Crippen LogP contribution in [0.4, 0.5) is 0 Å². The van der Waals surface area contributed by atoms with Crippen LogP contribution in [0.25, 0.3) is 0 Å². The van der Waals surface area contributed by atoms with Crippen molar-refractivity contribution in [3.05, 3.63) is 11.6 Å². The third-order valence-corrected chi connectivity index (χ3v) is 8.84. The second-order valence-corrected chi connectivity index (χ2v) is 9.64. The van der Waals surface area contributed by atoms with E-state index in [2.05, 4.69) is 26.8 Å². The van der Waals surface area contributed by atoms with E-state index in [4.69, 9.17) is 0 Å². The molecule has 7 atom stereocenters. The molecule has 0 aliphatic heterocycles. The molecule has 0 spiro atoms. The van der Waals surface area contributed by atoms with E-state index < -0.39 is 17.0 Å². The Balaban J connectivity index is 1.73. The molecular formula is C21H32O3. The highest BCUT2D eigenvalue weighted by Gasteiger charge is 2.67. The van der Waals surface area contributed by atoms with Crippen LogP contribution in [0.5, 0.6) is 0 Å². The maximum atomic E-state index is 11.8. The minimum Gasteiger partial charge on any atom is -0.479 e. The van der Waals surface area contributed by atoms with Gasteiger partial charge >= 0.3 is 5.97 Å². The lowest BCUT2D eigenvalue weighted by Gasteiger charge is -2.60. The predicted octanol–water partition coefficient (Wildman–Crippen LogP) is 4.40. The highest BCUT2D eigenvalue weighted by molar-refractivity contribution is 5.79. The first-order chi connectivity index (χ1) is 11.2. The van der Waals surface area contributed by atoms with E-state index in [1.165, 1.54) is 25.7 Å². The summed E-state index contributed by atoms with van der Waals surface area (Å²) < 4.78 is 0. The van der Waals surface area contributed by atoms with Gasteiger partial charge in [-0.1, -0.05) is 32.4 Å². The number of aliphatic hydroxyl groups is 1. The molecule has 0 radical (unpaired) electrons. The molecule has 4 aliphatic carbocycles. The molecule has 0 aromatic carbocycles. The zero-order valence-electron chi connectivity index (χ0n) is 15.3. The molecule has 0 saturated heterocycles. The van der Waals surface area contributed by atoms with Gasteiger partial charge in [0.15, 0.2) is 5.60 Å². The predicted molar refractivity (Wildman–Crippen MR) is 93.5 cm³/mol. The molecule has 2 unspecified atom stereocenters. The van der Waals surface area contributed by atoms with E-state index in [-0.39, 0.29) is 0 Å². The zero-order chi connectivity index (χ0) is 17.3. The fraction of sp³-hybridized carbons (Fsp3) is 0.857.